The number of thioether (sulfide) groups is 1. The van der Waals surface area contributed by atoms with Gasteiger partial charge in [-0.25, -0.2) is 0 Å². The standard InChI is InChI=1S/C15H20N2O3S2/c1-10(18)22-13-8-3-2-6-11(13)14(21)17-9-5-4-7-12(16)15(19)20/h2-3,6,8,12H,4-5,7,9,16H2,1H3,(H,17,21)(H,19,20)/t12-/m0/s1. The van der Waals surface area contributed by atoms with Crippen molar-refractivity contribution in [2.24, 2.45) is 5.73 Å². The molecule has 0 bridgehead atoms. The van der Waals surface area contributed by atoms with Crippen molar-refractivity contribution >= 4 is 40.1 Å². The number of carbonyl (C=O) groups is 2. The Morgan fingerprint density at radius 2 is 2.05 bits per heavy atom. The van der Waals surface area contributed by atoms with Gasteiger partial charge >= 0.3 is 5.97 Å². The average molecular weight is 340 g/mol. The summed E-state index contributed by atoms with van der Waals surface area (Å²) in [4.78, 5) is 23.3. The van der Waals surface area contributed by atoms with E-state index in [4.69, 9.17) is 23.1 Å². The molecular formula is C15H20N2O3S2. The van der Waals surface area contributed by atoms with Gasteiger partial charge in [0, 0.05) is 23.9 Å². The second-order valence-corrected chi connectivity index (χ2v) is 6.41. The van der Waals surface area contributed by atoms with Crippen LogP contribution in [0.5, 0.6) is 0 Å². The van der Waals surface area contributed by atoms with Gasteiger partial charge in [-0.1, -0.05) is 42.2 Å². The maximum Gasteiger partial charge on any atom is 0.320 e. The molecule has 1 rings (SSSR count). The molecule has 22 heavy (non-hydrogen) atoms. The third kappa shape index (κ3) is 6.55. The van der Waals surface area contributed by atoms with Crippen molar-refractivity contribution in [1.29, 1.82) is 0 Å². The van der Waals surface area contributed by atoms with E-state index in [1.807, 2.05) is 24.3 Å². The zero-order valence-electron chi connectivity index (χ0n) is 12.4. The average Bonchev–Trinajstić information content (AvgIpc) is 2.46. The Morgan fingerprint density at radius 1 is 1.36 bits per heavy atom. The van der Waals surface area contributed by atoms with Gasteiger partial charge in [-0.05, 0) is 25.3 Å². The zero-order chi connectivity index (χ0) is 16.5. The van der Waals surface area contributed by atoms with Gasteiger partial charge < -0.3 is 16.2 Å². The van der Waals surface area contributed by atoms with Crippen LogP contribution in [0.3, 0.4) is 0 Å². The fraction of sp³-hybridized carbons (Fsp3) is 0.400. The summed E-state index contributed by atoms with van der Waals surface area (Å²) < 4.78 is 0. The first-order chi connectivity index (χ1) is 10.4. The first-order valence-electron chi connectivity index (χ1n) is 6.96. The van der Waals surface area contributed by atoms with Gasteiger partial charge in [-0.15, -0.1) is 0 Å². The lowest BCUT2D eigenvalue weighted by Gasteiger charge is -2.12. The predicted molar refractivity (Wildman–Crippen MR) is 92.1 cm³/mol. The van der Waals surface area contributed by atoms with Crippen LogP contribution >= 0.6 is 24.0 Å². The fourth-order valence-electron chi connectivity index (χ4n) is 1.81. The smallest absolute Gasteiger partial charge is 0.320 e. The number of carbonyl (C=O) groups excluding carboxylic acids is 1. The minimum absolute atomic E-state index is 0.0120. The third-order valence-corrected chi connectivity index (χ3v) is 4.16. The Balaban J connectivity index is 2.43. The Bertz CT molecular complexity index is 549. The van der Waals surface area contributed by atoms with Crippen LogP contribution in [0.25, 0.3) is 0 Å². The zero-order valence-corrected chi connectivity index (χ0v) is 14.0. The number of carboxylic acids is 1. The minimum Gasteiger partial charge on any atom is -0.480 e. The summed E-state index contributed by atoms with van der Waals surface area (Å²) in [7, 11) is 0. The Labute approximate surface area is 139 Å². The molecule has 0 saturated carbocycles. The van der Waals surface area contributed by atoms with Gasteiger partial charge in [0.15, 0.2) is 5.12 Å². The maximum absolute atomic E-state index is 11.2. The summed E-state index contributed by atoms with van der Waals surface area (Å²) in [5.74, 6) is -0.973. The number of carboxylic acid groups (broad SMARTS) is 1. The molecule has 0 radical (unpaired) electrons. The summed E-state index contributed by atoms with van der Waals surface area (Å²) in [6.07, 6.45) is 1.94. The molecule has 0 aliphatic heterocycles. The summed E-state index contributed by atoms with van der Waals surface area (Å²) in [5, 5.41) is 11.8. The number of nitrogens with one attached hydrogen (secondary N) is 1. The molecule has 0 fully saturated rings. The van der Waals surface area contributed by atoms with Crippen LogP contribution in [0.2, 0.25) is 0 Å². The molecule has 1 atom stereocenters. The molecule has 0 aromatic heterocycles. The molecule has 0 amide bonds. The number of benzene rings is 1. The number of thiocarbonyl (C=S) groups is 1. The van der Waals surface area contributed by atoms with E-state index in [9.17, 15) is 9.59 Å². The Morgan fingerprint density at radius 3 is 2.68 bits per heavy atom. The van der Waals surface area contributed by atoms with Crippen LogP contribution < -0.4 is 11.1 Å². The second kappa shape index (κ2) is 9.55. The van der Waals surface area contributed by atoms with Crippen LogP contribution in [0.4, 0.5) is 0 Å². The highest BCUT2D eigenvalue weighted by molar-refractivity contribution is 8.13. The summed E-state index contributed by atoms with van der Waals surface area (Å²) in [6.45, 7) is 2.16. The first kappa shape index (κ1) is 18.6. The molecule has 7 heteroatoms. The van der Waals surface area contributed by atoms with E-state index in [0.29, 0.717) is 24.4 Å². The largest absolute Gasteiger partial charge is 0.480 e. The maximum atomic E-state index is 11.2. The fourth-order valence-corrected chi connectivity index (χ4v) is 2.89. The minimum atomic E-state index is -0.973. The van der Waals surface area contributed by atoms with Gasteiger partial charge in [-0.2, -0.15) is 0 Å². The van der Waals surface area contributed by atoms with Gasteiger partial charge in [0.05, 0.1) is 0 Å². The van der Waals surface area contributed by atoms with Crippen molar-refractivity contribution in [3.63, 3.8) is 0 Å². The highest BCUT2D eigenvalue weighted by Gasteiger charge is 2.11. The molecule has 0 spiro atoms. The van der Waals surface area contributed by atoms with Crippen molar-refractivity contribution in [1.82, 2.24) is 5.32 Å². The van der Waals surface area contributed by atoms with Gasteiger partial charge in [-0.3, -0.25) is 9.59 Å². The lowest BCUT2D eigenvalue weighted by Crippen LogP contribution is -2.30. The van der Waals surface area contributed by atoms with E-state index in [-0.39, 0.29) is 5.12 Å². The van der Waals surface area contributed by atoms with Crippen molar-refractivity contribution in [2.45, 2.75) is 37.1 Å². The molecular weight excluding hydrogens is 320 g/mol. The van der Waals surface area contributed by atoms with Crippen LogP contribution in [0.1, 0.15) is 31.7 Å². The Hall–Kier alpha value is -1.44. The number of aliphatic carboxylic acids is 1. The van der Waals surface area contributed by atoms with E-state index < -0.39 is 12.0 Å². The van der Waals surface area contributed by atoms with E-state index in [0.717, 1.165) is 28.6 Å². The number of nitrogens with two attached hydrogens (primary N) is 1. The summed E-state index contributed by atoms with van der Waals surface area (Å²) in [6, 6.07) is 6.67. The third-order valence-electron chi connectivity index (χ3n) is 2.93. The molecule has 0 unspecified atom stereocenters. The lowest BCUT2D eigenvalue weighted by atomic mass is 10.1. The molecule has 0 aliphatic rings. The number of hydrogen-bond donors (Lipinski definition) is 3. The molecule has 1 aromatic carbocycles. The predicted octanol–water partition coefficient (Wildman–Crippen LogP) is 2.17. The first-order valence-corrected chi connectivity index (χ1v) is 8.18. The Kier molecular flexibility index (Phi) is 8.08. The summed E-state index contributed by atoms with van der Waals surface area (Å²) >= 11 is 6.51. The van der Waals surface area contributed by atoms with Gasteiger partial charge in [0.1, 0.15) is 11.0 Å². The topological polar surface area (TPSA) is 92.4 Å². The SMILES string of the molecule is CC(=O)Sc1ccccc1C(=S)NCCCC[C@H](N)C(=O)O. The quantitative estimate of drug-likeness (QED) is 0.379. The molecule has 120 valence electrons. The number of hydrogen-bond acceptors (Lipinski definition) is 5. The van der Waals surface area contributed by atoms with Gasteiger partial charge in [0.25, 0.3) is 0 Å². The van der Waals surface area contributed by atoms with Crippen molar-refractivity contribution in [3.8, 4) is 0 Å². The van der Waals surface area contributed by atoms with E-state index >= 15 is 0 Å². The molecule has 0 aliphatic carbocycles. The van der Waals surface area contributed by atoms with Crippen LogP contribution in [0.15, 0.2) is 29.2 Å². The van der Waals surface area contributed by atoms with Crippen LogP contribution in [-0.2, 0) is 9.59 Å². The van der Waals surface area contributed by atoms with Crippen molar-refractivity contribution in [3.05, 3.63) is 29.8 Å². The molecule has 5 nitrogen and oxygen atoms in total. The normalized spacial score (nSPS) is 11.7. The lowest BCUT2D eigenvalue weighted by molar-refractivity contribution is -0.138. The molecule has 4 N–H and O–H groups in total. The molecule has 0 heterocycles. The molecule has 0 saturated heterocycles. The van der Waals surface area contributed by atoms with Crippen molar-refractivity contribution in [2.75, 3.05) is 6.54 Å². The van der Waals surface area contributed by atoms with E-state index in [1.165, 1.54) is 6.92 Å². The summed E-state index contributed by atoms with van der Waals surface area (Å²) in [5.41, 5.74) is 6.27. The van der Waals surface area contributed by atoms with Gasteiger partial charge in [0.2, 0.25) is 0 Å². The van der Waals surface area contributed by atoms with E-state index in [2.05, 4.69) is 5.32 Å². The van der Waals surface area contributed by atoms with Crippen molar-refractivity contribution < 1.29 is 14.7 Å². The molecule has 1 aromatic rings. The monoisotopic (exact) mass is 340 g/mol. The van der Waals surface area contributed by atoms with Crippen LogP contribution in [-0.4, -0.2) is 33.8 Å². The second-order valence-electron chi connectivity index (χ2n) is 4.79. The number of rotatable bonds is 8. The highest BCUT2D eigenvalue weighted by atomic mass is 32.2. The number of unbranched alkanes of at least 4 members (excludes halogenated alkanes) is 1. The van der Waals surface area contributed by atoms with E-state index in [1.54, 1.807) is 0 Å². The van der Waals surface area contributed by atoms with Crippen LogP contribution in [0, 0.1) is 0 Å². The highest BCUT2D eigenvalue weighted by Crippen LogP contribution is 2.23.